The molecule has 0 aromatic heterocycles. The van der Waals surface area contributed by atoms with Crippen molar-refractivity contribution >= 4 is 0 Å². The fourth-order valence-electron chi connectivity index (χ4n) is 2.84. The Morgan fingerprint density at radius 3 is 1.90 bits per heavy atom. The summed E-state index contributed by atoms with van der Waals surface area (Å²) < 4.78 is 0. The Hall–Kier alpha value is -1.56. The van der Waals surface area contributed by atoms with Gasteiger partial charge >= 0.3 is 0 Å². The summed E-state index contributed by atoms with van der Waals surface area (Å²) >= 11 is 0. The zero-order valence-corrected chi connectivity index (χ0v) is 13.7. The minimum absolute atomic E-state index is 0.712. The number of hydrogen-bond donors (Lipinski definition) is 0. The van der Waals surface area contributed by atoms with Gasteiger partial charge in [0.15, 0.2) is 0 Å². The van der Waals surface area contributed by atoms with E-state index in [1.807, 2.05) is 0 Å². The van der Waals surface area contributed by atoms with Crippen LogP contribution in [0, 0.1) is 33.6 Å². The lowest BCUT2D eigenvalue weighted by molar-refractivity contribution is 0.647. The molecule has 2 aromatic rings. The van der Waals surface area contributed by atoms with Crippen LogP contribution in [0.15, 0.2) is 30.3 Å². The van der Waals surface area contributed by atoms with Gasteiger partial charge < -0.3 is 0 Å². The van der Waals surface area contributed by atoms with Crippen LogP contribution in [0.4, 0.5) is 0 Å². The van der Waals surface area contributed by atoms with E-state index in [1.54, 1.807) is 0 Å². The van der Waals surface area contributed by atoms with E-state index in [4.69, 9.17) is 0 Å². The van der Waals surface area contributed by atoms with Crippen LogP contribution >= 0.6 is 0 Å². The van der Waals surface area contributed by atoms with E-state index < -0.39 is 0 Å². The van der Waals surface area contributed by atoms with Crippen molar-refractivity contribution in [1.82, 2.24) is 0 Å². The first-order valence-electron chi connectivity index (χ1n) is 7.56. The Balaban J connectivity index is 2.43. The zero-order chi connectivity index (χ0) is 14.9. The number of benzene rings is 2. The van der Waals surface area contributed by atoms with Crippen molar-refractivity contribution in [2.45, 2.75) is 48.0 Å². The largest absolute Gasteiger partial charge is 0.0625 e. The summed E-state index contributed by atoms with van der Waals surface area (Å²) in [4.78, 5) is 0. The first kappa shape index (κ1) is 14.8. The van der Waals surface area contributed by atoms with Crippen molar-refractivity contribution in [2.24, 2.45) is 5.92 Å². The second-order valence-electron chi connectivity index (χ2n) is 6.48. The Morgan fingerprint density at radius 1 is 0.800 bits per heavy atom. The second kappa shape index (κ2) is 5.83. The van der Waals surface area contributed by atoms with Crippen molar-refractivity contribution in [2.75, 3.05) is 0 Å². The minimum atomic E-state index is 0.712. The molecule has 0 N–H and O–H groups in total. The third-order valence-electron chi connectivity index (χ3n) is 4.17. The summed E-state index contributed by atoms with van der Waals surface area (Å²) in [5.41, 5.74) is 9.70. The highest BCUT2D eigenvalue weighted by atomic mass is 14.1. The van der Waals surface area contributed by atoms with E-state index in [2.05, 4.69) is 71.9 Å². The Morgan fingerprint density at radius 2 is 1.40 bits per heavy atom. The number of rotatable bonds is 3. The first-order valence-corrected chi connectivity index (χ1v) is 7.56. The highest BCUT2D eigenvalue weighted by Gasteiger charge is 2.07. The molecule has 0 nitrogen and oxygen atoms in total. The van der Waals surface area contributed by atoms with Gasteiger partial charge in [-0.3, -0.25) is 0 Å². The van der Waals surface area contributed by atoms with E-state index in [9.17, 15) is 0 Å². The quantitative estimate of drug-likeness (QED) is 0.660. The first-order chi connectivity index (χ1) is 9.38. The van der Waals surface area contributed by atoms with Gasteiger partial charge in [-0.15, -0.1) is 0 Å². The lowest BCUT2D eigenvalue weighted by Crippen LogP contribution is -1.96. The molecule has 0 heteroatoms. The van der Waals surface area contributed by atoms with Gasteiger partial charge in [0.25, 0.3) is 0 Å². The van der Waals surface area contributed by atoms with Crippen LogP contribution in [0.3, 0.4) is 0 Å². The van der Waals surface area contributed by atoms with Gasteiger partial charge in [-0.1, -0.05) is 44.2 Å². The van der Waals surface area contributed by atoms with Crippen LogP contribution < -0.4 is 0 Å². The number of aryl methyl sites for hydroxylation is 3. The number of hydrogen-bond acceptors (Lipinski definition) is 0. The van der Waals surface area contributed by atoms with Gasteiger partial charge in [0, 0.05) is 0 Å². The van der Waals surface area contributed by atoms with E-state index >= 15 is 0 Å². The molecule has 0 aliphatic carbocycles. The molecule has 106 valence electrons. The van der Waals surface area contributed by atoms with Crippen LogP contribution in [0.1, 0.15) is 41.7 Å². The van der Waals surface area contributed by atoms with Crippen molar-refractivity contribution in [1.29, 1.82) is 0 Å². The van der Waals surface area contributed by atoms with Gasteiger partial charge in [0.05, 0.1) is 0 Å². The van der Waals surface area contributed by atoms with Crippen LogP contribution in [0.5, 0.6) is 0 Å². The van der Waals surface area contributed by atoms with E-state index in [-0.39, 0.29) is 0 Å². The molecular weight excluding hydrogens is 240 g/mol. The molecule has 0 amide bonds. The fourth-order valence-corrected chi connectivity index (χ4v) is 2.84. The third-order valence-corrected chi connectivity index (χ3v) is 4.17. The molecular formula is C20H26. The third kappa shape index (κ3) is 3.12. The predicted octanol–water partition coefficient (Wildman–Crippen LogP) is 5.79. The average molecular weight is 266 g/mol. The minimum Gasteiger partial charge on any atom is -0.0625 e. The van der Waals surface area contributed by atoms with Crippen molar-refractivity contribution in [3.8, 4) is 11.1 Å². The second-order valence-corrected chi connectivity index (χ2v) is 6.48. The van der Waals surface area contributed by atoms with Crippen LogP contribution in [0.25, 0.3) is 11.1 Å². The van der Waals surface area contributed by atoms with Crippen LogP contribution in [0.2, 0.25) is 0 Å². The van der Waals surface area contributed by atoms with Gasteiger partial charge in [-0.25, -0.2) is 0 Å². The van der Waals surface area contributed by atoms with Gasteiger partial charge in [0.2, 0.25) is 0 Å². The average Bonchev–Trinajstić information content (AvgIpc) is 2.34. The zero-order valence-electron chi connectivity index (χ0n) is 13.7. The lowest BCUT2D eigenvalue weighted by atomic mass is 9.92. The molecule has 0 saturated heterocycles. The Kier molecular flexibility index (Phi) is 4.32. The summed E-state index contributed by atoms with van der Waals surface area (Å²) in [7, 11) is 0. The summed E-state index contributed by atoms with van der Waals surface area (Å²) in [5.74, 6) is 0.712. The molecule has 0 unspecified atom stereocenters. The maximum absolute atomic E-state index is 2.35. The van der Waals surface area contributed by atoms with E-state index in [1.165, 1.54) is 38.9 Å². The van der Waals surface area contributed by atoms with E-state index in [0.717, 1.165) is 6.42 Å². The smallest absolute Gasteiger partial charge is 0.0154 e. The normalized spacial score (nSPS) is 11.2. The maximum Gasteiger partial charge on any atom is -0.0154 e. The van der Waals surface area contributed by atoms with Crippen molar-refractivity contribution < 1.29 is 0 Å². The topological polar surface area (TPSA) is 0 Å². The molecule has 0 fully saturated rings. The van der Waals surface area contributed by atoms with Gasteiger partial charge in [-0.05, 0) is 79.0 Å². The molecule has 0 radical (unpaired) electrons. The Labute approximate surface area is 123 Å². The highest BCUT2D eigenvalue weighted by molar-refractivity contribution is 5.69. The highest BCUT2D eigenvalue weighted by Crippen LogP contribution is 2.28. The molecule has 0 spiro atoms. The molecule has 0 aliphatic heterocycles. The SMILES string of the molecule is Cc1cc(CC(C)C)ccc1-c1cc(C)c(C)c(C)c1. The molecule has 2 rings (SSSR count). The molecule has 0 atom stereocenters. The molecule has 0 aliphatic rings. The van der Waals surface area contributed by atoms with Gasteiger partial charge in [-0.2, -0.15) is 0 Å². The molecule has 0 heterocycles. The standard InChI is InChI=1S/C20H26/c1-13(2)9-18-7-8-20(16(5)10-18)19-11-14(3)17(6)15(4)12-19/h7-8,10-13H,9H2,1-6H3. The fraction of sp³-hybridized carbons (Fsp3) is 0.400. The molecule has 20 heavy (non-hydrogen) atoms. The van der Waals surface area contributed by atoms with Crippen LogP contribution in [-0.4, -0.2) is 0 Å². The predicted molar refractivity (Wildman–Crippen MR) is 89.4 cm³/mol. The molecule has 0 saturated carbocycles. The van der Waals surface area contributed by atoms with Gasteiger partial charge in [0.1, 0.15) is 0 Å². The monoisotopic (exact) mass is 266 g/mol. The summed E-state index contributed by atoms with van der Waals surface area (Å²) in [5, 5.41) is 0. The van der Waals surface area contributed by atoms with Crippen molar-refractivity contribution in [3.05, 3.63) is 58.1 Å². The summed E-state index contributed by atoms with van der Waals surface area (Å²) in [6.45, 7) is 13.4. The van der Waals surface area contributed by atoms with E-state index in [0.29, 0.717) is 5.92 Å². The Bertz CT molecular complexity index is 595. The molecule has 2 aromatic carbocycles. The summed E-state index contributed by atoms with van der Waals surface area (Å²) in [6.07, 6.45) is 1.16. The summed E-state index contributed by atoms with van der Waals surface area (Å²) in [6, 6.07) is 11.5. The van der Waals surface area contributed by atoms with Crippen molar-refractivity contribution in [3.63, 3.8) is 0 Å². The lowest BCUT2D eigenvalue weighted by Gasteiger charge is -2.13. The molecule has 0 bridgehead atoms. The van der Waals surface area contributed by atoms with Crippen LogP contribution in [-0.2, 0) is 6.42 Å². The maximum atomic E-state index is 2.35.